The predicted molar refractivity (Wildman–Crippen MR) is 77.4 cm³/mol. The van der Waals surface area contributed by atoms with Crippen molar-refractivity contribution in [1.82, 2.24) is 9.55 Å². The first-order valence-corrected chi connectivity index (χ1v) is 8.57. The minimum atomic E-state index is -3.27. The summed E-state index contributed by atoms with van der Waals surface area (Å²) in [6.45, 7) is 1.53. The molecule has 5 nitrogen and oxygen atoms in total. The third kappa shape index (κ3) is 2.89. The van der Waals surface area contributed by atoms with Crippen LogP contribution in [-0.2, 0) is 23.5 Å². The maximum atomic E-state index is 12.1. The average Bonchev–Trinajstić information content (AvgIpc) is 2.80. The Morgan fingerprint density at radius 1 is 1.35 bits per heavy atom. The Morgan fingerprint density at radius 2 is 2.05 bits per heavy atom. The van der Waals surface area contributed by atoms with Crippen LogP contribution in [0.4, 0.5) is 0 Å². The van der Waals surface area contributed by atoms with E-state index in [1.54, 1.807) is 49.0 Å². The van der Waals surface area contributed by atoms with Gasteiger partial charge in [-0.2, -0.15) is 0 Å². The number of hydrogen-bond donors (Lipinski definition) is 1. The lowest BCUT2D eigenvalue weighted by atomic mass is 10.4. The molecule has 0 saturated carbocycles. The normalized spacial score (nSPS) is 11.8. The second-order valence-electron chi connectivity index (χ2n) is 4.20. The summed E-state index contributed by atoms with van der Waals surface area (Å²) in [7, 11) is -1.48. The summed E-state index contributed by atoms with van der Waals surface area (Å²) in [5.74, 6) is 0.0625. The highest BCUT2D eigenvalue weighted by molar-refractivity contribution is 8.00. The topological polar surface area (TPSA) is 72.2 Å². The van der Waals surface area contributed by atoms with Crippen LogP contribution in [0.15, 0.2) is 45.4 Å². The summed E-state index contributed by atoms with van der Waals surface area (Å²) in [6, 6.07) is 6.88. The molecule has 2 aromatic rings. The quantitative estimate of drug-likeness (QED) is 0.912. The molecule has 0 amide bonds. The fourth-order valence-electron chi connectivity index (χ4n) is 1.71. The molecule has 1 aromatic heterocycles. The van der Waals surface area contributed by atoms with E-state index in [-0.39, 0.29) is 12.4 Å². The zero-order valence-electron chi connectivity index (χ0n) is 11.3. The standard InChI is InChI=1S/C13H16N2O3S2/c1-3-20(17,18)12-7-5-4-6-11(12)19-13-14-8-10(9-16)15(13)2/h4-8,16H,3,9H2,1-2H3. The molecule has 0 aliphatic heterocycles. The van der Waals surface area contributed by atoms with E-state index < -0.39 is 9.84 Å². The number of nitrogens with zero attached hydrogens (tertiary/aromatic N) is 2. The van der Waals surface area contributed by atoms with Gasteiger partial charge >= 0.3 is 0 Å². The number of imidazole rings is 1. The van der Waals surface area contributed by atoms with E-state index in [2.05, 4.69) is 4.98 Å². The van der Waals surface area contributed by atoms with Gasteiger partial charge in [-0.1, -0.05) is 30.8 Å². The van der Waals surface area contributed by atoms with Crippen LogP contribution in [0, 0.1) is 0 Å². The molecule has 0 radical (unpaired) electrons. The summed E-state index contributed by atoms with van der Waals surface area (Å²) < 4.78 is 25.9. The minimum absolute atomic E-state index is 0.0625. The fraction of sp³-hybridized carbons (Fsp3) is 0.308. The molecule has 0 aliphatic rings. The molecule has 0 bridgehead atoms. The summed E-state index contributed by atoms with van der Waals surface area (Å²) in [4.78, 5) is 5.17. The molecule has 0 unspecified atom stereocenters. The van der Waals surface area contributed by atoms with Crippen molar-refractivity contribution < 1.29 is 13.5 Å². The van der Waals surface area contributed by atoms with Gasteiger partial charge in [-0.05, 0) is 12.1 Å². The van der Waals surface area contributed by atoms with Crippen molar-refractivity contribution >= 4 is 21.6 Å². The highest BCUT2D eigenvalue weighted by atomic mass is 32.2. The largest absolute Gasteiger partial charge is 0.390 e. The maximum Gasteiger partial charge on any atom is 0.179 e. The Labute approximate surface area is 122 Å². The van der Waals surface area contributed by atoms with Gasteiger partial charge < -0.3 is 9.67 Å². The van der Waals surface area contributed by atoms with Gasteiger partial charge in [0.05, 0.1) is 29.1 Å². The summed E-state index contributed by atoms with van der Waals surface area (Å²) in [5.41, 5.74) is 0.684. The second-order valence-corrected chi connectivity index (χ2v) is 7.46. The number of aromatic nitrogens is 2. The molecule has 0 spiro atoms. The van der Waals surface area contributed by atoms with Crippen LogP contribution in [0.2, 0.25) is 0 Å². The van der Waals surface area contributed by atoms with Crippen LogP contribution >= 0.6 is 11.8 Å². The van der Waals surface area contributed by atoms with Gasteiger partial charge in [0, 0.05) is 11.9 Å². The van der Waals surface area contributed by atoms with Crippen LogP contribution in [-0.4, -0.2) is 28.8 Å². The SMILES string of the molecule is CCS(=O)(=O)c1ccccc1Sc1ncc(CO)n1C. The smallest absolute Gasteiger partial charge is 0.179 e. The van der Waals surface area contributed by atoms with Crippen LogP contribution < -0.4 is 0 Å². The Morgan fingerprint density at radius 3 is 2.65 bits per heavy atom. The van der Waals surface area contributed by atoms with Gasteiger partial charge in [-0.3, -0.25) is 0 Å². The van der Waals surface area contributed by atoms with E-state index in [1.807, 2.05) is 0 Å². The third-order valence-corrected chi connectivity index (χ3v) is 6.02. The molecule has 0 atom stereocenters. The van der Waals surface area contributed by atoms with E-state index in [0.29, 0.717) is 20.6 Å². The van der Waals surface area contributed by atoms with Crippen molar-refractivity contribution in [3.05, 3.63) is 36.2 Å². The van der Waals surface area contributed by atoms with E-state index in [1.165, 1.54) is 11.8 Å². The number of hydrogen-bond acceptors (Lipinski definition) is 5. The van der Waals surface area contributed by atoms with Gasteiger partial charge in [0.1, 0.15) is 0 Å². The first kappa shape index (κ1) is 15.1. The number of benzene rings is 1. The van der Waals surface area contributed by atoms with Crippen molar-refractivity contribution in [2.45, 2.75) is 28.5 Å². The molecule has 2 rings (SSSR count). The highest BCUT2D eigenvalue weighted by Gasteiger charge is 2.18. The highest BCUT2D eigenvalue weighted by Crippen LogP contribution is 2.32. The van der Waals surface area contributed by atoms with Crippen molar-refractivity contribution in [1.29, 1.82) is 0 Å². The molecule has 20 heavy (non-hydrogen) atoms. The third-order valence-electron chi connectivity index (χ3n) is 2.97. The van der Waals surface area contributed by atoms with Gasteiger partial charge in [0.25, 0.3) is 0 Å². The minimum Gasteiger partial charge on any atom is -0.390 e. The number of sulfone groups is 1. The molecule has 108 valence electrons. The van der Waals surface area contributed by atoms with Crippen LogP contribution in [0.1, 0.15) is 12.6 Å². The Hall–Kier alpha value is -1.31. The lowest BCUT2D eigenvalue weighted by Crippen LogP contribution is -2.05. The van der Waals surface area contributed by atoms with Crippen molar-refractivity contribution in [3.8, 4) is 0 Å². The van der Waals surface area contributed by atoms with Gasteiger partial charge in [-0.25, -0.2) is 13.4 Å². The average molecular weight is 312 g/mol. The van der Waals surface area contributed by atoms with E-state index in [9.17, 15) is 8.42 Å². The van der Waals surface area contributed by atoms with E-state index >= 15 is 0 Å². The van der Waals surface area contributed by atoms with Crippen LogP contribution in [0.5, 0.6) is 0 Å². The molecule has 1 heterocycles. The fourth-order valence-corrected chi connectivity index (χ4v) is 4.06. The molecule has 0 fully saturated rings. The second kappa shape index (κ2) is 5.99. The number of aliphatic hydroxyl groups excluding tert-OH is 1. The molecule has 1 N–H and O–H groups in total. The van der Waals surface area contributed by atoms with Crippen molar-refractivity contribution in [3.63, 3.8) is 0 Å². The van der Waals surface area contributed by atoms with Crippen molar-refractivity contribution in [2.75, 3.05) is 5.75 Å². The van der Waals surface area contributed by atoms with Gasteiger partial charge in [0.15, 0.2) is 15.0 Å². The van der Waals surface area contributed by atoms with Gasteiger partial charge in [-0.15, -0.1) is 0 Å². The lowest BCUT2D eigenvalue weighted by molar-refractivity contribution is 0.271. The molecule has 1 aromatic carbocycles. The summed E-state index contributed by atoms with van der Waals surface area (Å²) >= 11 is 1.28. The van der Waals surface area contributed by atoms with Crippen LogP contribution in [0.3, 0.4) is 0 Å². The van der Waals surface area contributed by atoms with E-state index in [4.69, 9.17) is 5.11 Å². The molecule has 0 saturated heterocycles. The Kier molecular flexibility index (Phi) is 4.52. The zero-order chi connectivity index (χ0) is 14.8. The first-order valence-electron chi connectivity index (χ1n) is 6.10. The first-order chi connectivity index (χ1) is 9.49. The van der Waals surface area contributed by atoms with E-state index in [0.717, 1.165) is 0 Å². The Bertz CT molecular complexity index is 708. The maximum absolute atomic E-state index is 12.1. The van der Waals surface area contributed by atoms with Crippen molar-refractivity contribution in [2.24, 2.45) is 7.05 Å². The van der Waals surface area contributed by atoms with Gasteiger partial charge in [0.2, 0.25) is 0 Å². The van der Waals surface area contributed by atoms with Crippen LogP contribution in [0.25, 0.3) is 0 Å². The predicted octanol–water partition coefficient (Wildman–Crippen LogP) is 1.86. The molecule has 0 aliphatic carbocycles. The lowest BCUT2D eigenvalue weighted by Gasteiger charge is -2.09. The summed E-state index contributed by atoms with van der Waals surface area (Å²) in [5, 5.41) is 9.80. The number of aliphatic hydroxyl groups is 1. The zero-order valence-corrected chi connectivity index (χ0v) is 12.9. The molecule has 7 heteroatoms. The number of rotatable bonds is 5. The summed E-state index contributed by atoms with van der Waals surface area (Å²) in [6.07, 6.45) is 1.58. The Balaban J connectivity index is 2.42. The monoisotopic (exact) mass is 312 g/mol. The molecular weight excluding hydrogens is 296 g/mol. The molecular formula is C13H16N2O3S2.